The van der Waals surface area contributed by atoms with Crippen molar-refractivity contribution in [1.82, 2.24) is 14.8 Å². The van der Waals surface area contributed by atoms with Crippen LogP contribution in [-0.4, -0.2) is 73.5 Å². The maximum Gasteiger partial charge on any atom is 0.416 e. The fourth-order valence-corrected chi connectivity index (χ4v) is 3.66. The van der Waals surface area contributed by atoms with Crippen LogP contribution in [0.5, 0.6) is 5.75 Å². The summed E-state index contributed by atoms with van der Waals surface area (Å²) in [6, 6.07) is 2.30. The summed E-state index contributed by atoms with van der Waals surface area (Å²) in [7, 11) is 7.68. The number of ether oxygens (including phenoxy) is 2. The minimum absolute atomic E-state index is 0.157. The standard InChI is InChI=1S/C22H35N5O3/c1-14(2)16-13-24-19-15(10-11-27(19)21(28)30-22(3,4)5)18(16)29-17(12-23)20(25(6)7)26(8)9/h13-14,17,20H,10-11H2,1-9H3. The lowest BCUT2D eigenvalue weighted by Gasteiger charge is -2.34. The van der Waals surface area contributed by atoms with E-state index in [9.17, 15) is 10.1 Å². The quantitative estimate of drug-likeness (QED) is 0.657. The highest BCUT2D eigenvalue weighted by Crippen LogP contribution is 2.40. The Bertz CT molecular complexity index is 800. The topological polar surface area (TPSA) is 81.9 Å². The molecule has 0 spiro atoms. The molecule has 0 radical (unpaired) electrons. The van der Waals surface area contributed by atoms with E-state index in [0.717, 1.165) is 11.1 Å². The minimum Gasteiger partial charge on any atom is -0.472 e. The first kappa shape index (κ1) is 23.9. The number of nitriles is 1. The number of rotatable bonds is 6. The summed E-state index contributed by atoms with van der Waals surface area (Å²) >= 11 is 0. The highest BCUT2D eigenvalue weighted by atomic mass is 16.6. The van der Waals surface area contributed by atoms with E-state index < -0.39 is 17.8 Å². The first-order chi connectivity index (χ1) is 13.9. The van der Waals surface area contributed by atoms with Crippen LogP contribution in [0.1, 0.15) is 51.7 Å². The lowest BCUT2D eigenvalue weighted by atomic mass is 10.0. The number of fused-ring (bicyclic) bond motifs is 1. The van der Waals surface area contributed by atoms with Crippen molar-refractivity contribution in [3.8, 4) is 11.8 Å². The number of hydrogen-bond donors (Lipinski definition) is 0. The number of likely N-dealkylation sites (N-methyl/N-ethyl adjacent to an activating group) is 2. The minimum atomic E-state index is -0.713. The van der Waals surface area contributed by atoms with E-state index in [0.29, 0.717) is 24.5 Å². The molecule has 1 aromatic heterocycles. The molecule has 166 valence electrons. The molecular formula is C22H35N5O3. The van der Waals surface area contributed by atoms with Crippen molar-refractivity contribution in [1.29, 1.82) is 5.26 Å². The summed E-state index contributed by atoms with van der Waals surface area (Å²) in [5.41, 5.74) is 1.19. The van der Waals surface area contributed by atoms with Gasteiger partial charge < -0.3 is 9.47 Å². The Morgan fingerprint density at radius 1 is 1.23 bits per heavy atom. The lowest BCUT2D eigenvalue weighted by Crippen LogP contribution is -2.50. The number of aromatic nitrogens is 1. The van der Waals surface area contributed by atoms with Gasteiger partial charge in [0.15, 0.2) is 0 Å². The zero-order valence-corrected chi connectivity index (χ0v) is 19.7. The first-order valence-corrected chi connectivity index (χ1v) is 10.3. The molecule has 1 unspecified atom stereocenters. The molecule has 2 heterocycles. The predicted octanol–water partition coefficient (Wildman–Crippen LogP) is 3.22. The van der Waals surface area contributed by atoms with Crippen LogP contribution < -0.4 is 9.64 Å². The third kappa shape index (κ3) is 5.21. The molecule has 0 fully saturated rings. The van der Waals surface area contributed by atoms with Crippen LogP contribution in [0.25, 0.3) is 0 Å². The van der Waals surface area contributed by atoms with Gasteiger partial charge >= 0.3 is 6.09 Å². The highest BCUT2D eigenvalue weighted by Gasteiger charge is 2.36. The van der Waals surface area contributed by atoms with E-state index in [1.54, 1.807) is 11.1 Å². The normalized spacial score (nSPS) is 15.0. The molecule has 0 saturated carbocycles. The van der Waals surface area contributed by atoms with Crippen LogP contribution in [0.3, 0.4) is 0 Å². The Morgan fingerprint density at radius 3 is 2.30 bits per heavy atom. The van der Waals surface area contributed by atoms with E-state index in [1.165, 1.54) is 0 Å². The molecule has 0 bridgehead atoms. The molecule has 0 saturated heterocycles. The van der Waals surface area contributed by atoms with Gasteiger partial charge in [-0.1, -0.05) is 13.8 Å². The van der Waals surface area contributed by atoms with Crippen LogP contribution in [-0.2, 0) is 11.2 Å². The Labute approximate surface area is 180 Å². The zero-order valence-electron chi connectivity index (χ0n) is 19.7. The molecule has 2 rings (SSSR count). The SMILES string of the molecule is CC(C)c1cnc2c(c1OC(C#N)C(N(C)C)N(C)C)CCN2C(=O)OC(C)(C)C. The van der Waals surface area contributed by atoms with Gasteiger partial charge in [0.2, 0.25) is 6.10 Å². The third-order valence-corrected chi connectivity index (χ3v) is 4.91. The number of pyridine rings is 1. The first-order valence-electron chi connectivity index (χ1n) is 10.3. The molecule has 30 heavy (non-hydrogen) atoms. The molecule has 1 atom stereocenters. The fourth-order valence-electron chi connectivity index (χ4n) is 3.66. The Balaban J connectivity index is 2.47. The molecule has 8 heteroatoms. The molecule has 0 aliphatic carbocycles. The van der Waals surface area contributed by atoms with Crippen LogP contribution in [0, 0.1) is 11.3 Å². The molecule has 1 amide bonds. The number of carbonyl (C=O) groups excluding carboxylic acids is 1. The summed E-state index contributed by atoms with van der Waals surface area (Å²) in [6.07, 6.45) is 0.977. The van der Waals surface area contributed by atoms with Crippen LogP contribution in [0.2, 0.25) is 0 Å². The average Bonchev–Trinajstić information content (AvgIpc) is 3.03. The maximum absolute atomic E-state index is 12.7. The van der Waals surface area contributed by atoms with Crippen LogP contribution >= 0.6 is 0 Å². The van der Waals surface area contributed by atoms with Crippen molar-refractivity contribution in [2.45, 2.75) is 64.8 Å². The van der Waals surface area contributed by atoms with Gasteiger partial charge in [0, 0.05) is 23.9 Å². The van der Waals surface area contributed by atoms with E-state index in [2.05, 4.69) is 24.9 Å². The van der Waals surface area contributed by atoms with Gasteiger partial charge in [0.25, 0.3) is 0 Å². The van der Waals surface area contributed by atoms with Crippen molar-refractivity contribution in [3.63, 3.8) is 0 Å². The highest BCUT2D eigenvalue weighted by molar-refractivity contribution is 5.90. The molecule has 8 nitrogen and oxygen atoms in total. The van der Waals surface area contributed by atoms with E-state index in [-0.39, 0.29) is 12.1 Å². The Kier molecular flexibility index (Phi) is 7.32. The lowest BCUT2D eigenvalue weighted by molar-refractivity contribution is 0.0398. The largest absolute Gasteiger partial charge is 0.472 e. The average molecular weight is 418 g/mol. The molecule has 1 aromatic rings. The fraction of sp³-hybridized carbons (Fsp3) is 0.682. The number of anilines is 1. The smallest absolute Gasteiger partial charge is 0.416 e. The Morgan fingerprint density at radius 2 is 1.83 bits per heavy atom. The van der Waals surface area contributed by atoms with Gasteiger partial charge in [-0.25, -0.2) is 9.78 Å². The van der Waals surface area contributed by atoms with Crippen molar-refractivity contribution >= 4 is 11.9 Å². The van der Waals surface area contributed by atoms with Crippen molar-refractivity contribution in [2.75, 3.05) is 39.6 Å². The molecule has 1 aliphatic rings. The summed E-state index contributed by atoms with van der Waals surface area (Å²) in [4.78, 5) is 22.7. The number of carbonyl (C=O) groups is 1. The second-order valence-electron chi connectivity index (χ2n) is 9.39. The number of amides is 1. The number of hydrogen-bond acceptors (Lipinski definition) is 7. The maximum atomic E-state index is 12.7. The molecule has 1 aliphatic heterocycles. The van der Waals surface area contributed by atoms with Gasteiger partial charge in [-0.15, -0.1) is 0 Å². The van der Waals surface area contributed by atoms with E-state index in [1.807, 2.05) is 58.8 Å². The van der Waals surface area contributed by atoms with Gasteiger partial charge in [0.05, 0.1) is 0 Å². The van der Waals surface area contributed by atoms with Crippen LogP contribution in [0.4, 0.5) is 10.6 Å². The summed E-state index contributed by atoms with van der Waals surface area (Å²) < 4.78 is 11.9. The molecule has 0 N–H and O–H groups in total. The van der Waals surface area contributed by atoms with Gasteiger partial charge in [-0.05, 0) is 61.3 Å². The van der Waals surface area contributed by atoms with Gasteiger partial charge in [-0.3, -0.25) is 14.7 Å². The summed E-state index contributed by atoms with van der Waals surface area (Å²) in [5, 5.41) is 9.87. The predicted molar refractivity (Wildman–Crippen MR) is 117 cm³/mol. The van der Waals surface area contributed by atoms with Crippen molar-refractivity contribution in [2.24, 2.45) is 0 Å². The Hall–Kier alpha value is -2.37. The summed E-state index contributed by atoms with van der Waals surface area (Å²) in [5.74, 6) is 1.36. The van der Waals surface area contributed by atoms with Gasteiger partial charge in [0.1, 0.15) is 29.4 Å². The van der Waals surface area contributed by atoms with E-state index in [4.69, 9.17) is 9.47 Å². The van der Waals surface area contributed by atoms with Gasteiger partial charge in [-0.2, -0.15) is 5.26 Å². The second kappa shape index (κ2) is 9.19. The third-order valence-electron chi connectivity index (χ3n) is 4.91. The zero-order chi connectivity index (χ0) is 22.8. The van der Waals surface area contributed by atoms with Crippen molar-refractivity contribution < 1.29 is 14.3 Å². The van der Waals surface area contributed by atoms with Crippen LogP contribution in [0.15, 0.2) is 6.20 Å². The monoisotopic (exact) mass is 417 g/mol. The van der Waals surface area contributed by atoms with E-state index >= 15 is 0 Å². The van der Waals surface area contributed by atoms with Crippen molar-refractivity contribution in [3.05, 3.63) is 17.3 Å². The summed E-state index contributed by atoms with van der Waals surface area (Å²) in [6.45, 7) is 10.1. The molecular weight excluding hydrogens is 382 g/mol. The second-order valence-corrected chi connectivity index (χ2v) is 9.39. The number of nitrogens with zero attached hydrogens (tertiary/aromatic N) is 5. The molecule has 0 aromatic carbocycles.